The van der Waals surface area contributed by atoms with Gasteiger partial charge in [-0.3, -0.25) is 9.59 Å². The number of carbonyl (C=O) groups is 3. The van der Waals surface area contributed by atoms with E-state index in [1.54, 1.807) is 0 Å². The molecule has 1 amide bonds. The van der Waals surface area contributed by atoms with E-state index in [-0.39, 0.29) is 0 Å². The molecular weight excluding hydrogens is 216 g/mol. The zero-order chi connectivity index (χ0) is 13.1. The minimum absolute atomic E-state index is 0.529. The number of amides is 1. The Bertz CT molecular complexity index is 313. The molecule has 1 unspecified atom stereocenters. The van der Waals surface area contributed by atoms with Crippen LogP contribution in [0.25, 0.3) is 0 Å². The fraction of sp³-hybridized carbons (Fsp3) is 0.667. The average molecular weight is 232 g/mol. The first kappa shape index (κ1) is 14.4. The van der Waals surface area contributed by atoms with Gasteiger partial charge >= 0.3 is 11.9 Å². The molecule has 0 radical (unpaired) electrons. The Morgan fingerprint density at radius 2 is 1.75 bits per heavy atom. The second-order valence-corrected chi connectivity index (χ2v) is 3.97. The van der Waals surface area contributed by atoms with Crippen molar-refractivity contribution in [1.82, 2.24) is 4.90 Å². The lowest BCUT2D eigenvalue weighted by Gasteiger charge is -2.33. The highest BCUT2D eigenvalue weighted by atomic mass is 16.4. The molecule has 4 N–H and O–H groups in total. The van der Waals surface area contributed by atoms with Gasteiger partial charge in [0.15, 0.2) is 0 Å². The van der Waals surface area contributed by atoms with E-state index in [4.69, 9.17) is 15.9 Å². The highest BCUT2D eigenvalue weighted by molar-refractivity contribution is 5.90. The van der Waals surface area contributed by atoms with Gasteiger partial charge in [-0.15, -0.1) is 0 Å². The van der Waals surface area contributed by atoms with Gasteiger partial charge in [0.05, 0.1) is 12.5 Å². The normalized spacial score (nSPS) is 13.0. The molecule has 0 aromatic rings. The lowest BCUT2D eigenvalue weighted by Crippen LogP contribution is -2.55. The number of aliphatic carboxylic acids is 2. The third-order valence-electron chi connectivity index (χ3n) is 2.40. The average Bonchev–Trinajstić information content (AvgIpc) is 2.13. The lowest BCUT2D eigenvalue weighted by molar-refractivity contribution is -0.156. The van der Waals surface area contributed by atoms with E-state index in [0.29, 0.717) is 0 Å². The molecule has 0 rings (SSSR count). The Labute approximate surface area is 92.8 Å². The molecule has 0 saturated heterocycles. The minimum Gasteiger partial charge on any atom is -0.481 e. The fourth-order valence-corrected chi connectivity index (χ4v) is 0.943. The highest BCUT2D eigenvalue weighted by Gasteiger charge is 2.37. The summed E-state index contributed by atoms with van der Waals surface area (Å²) < 4.78 is 0. The Balaban J connectivity index is 4.74. The van der Waals surface area contributed by atoms with Crippen molar-refractivity contribution in [3.63, 3.8) is 0 Å². The molecule has 0 fully saturated rings. The van der Waals surface area contributed by atoms with Crippen LogP contribution in [0, 0.1) is 0 Å². The van der Waals surface area contributed by atoms with Gasteiger partial charge in [0.1, 0.15) is 5.54 Å². The first-order valence-electron chi connectivity index (χ1n) is 4.59. The Morgan fingerprint density at radius 3 is 2.06 bits per heavy atom. The van der Waals surface area contributed by atoms with Crippen LogP contribution in [-0.2, 0) is 14.4 Å². The summed E-state index contributed by atoms with van der Waals surface area (Å²) in [7, 11) is 1.28. The molecule has 7 nitrogen and oxygen atoms in total. The van der Waals surface area contributed by atoms with Crippen molar-refractivity contribution in [3.05, 3.63) is 0 Å². The van der Waals surface area contributed by atoms with Crippen LogP contribution < -0.4 is 5.73 Å². The van der Waals surface area contributed by atoms with Gasteiger partial charge in [-0.1, -0.05) is 0 Å². The molecule has 0 aliphatic heterocycles. The smallest absolute Gasteiger partial charge is 0.329 e. The molecule has 0 saturated carbocycles. The molecule has 0 aliphatic rings. The van der Waals surface area contributed by atoms with Crippen molar-refractivity contribution in [2.75, 3.05) is 7.05 Å². The topological polar surface area (TPSA) is 121 Å². The van der Waals surface area contributed by atoms with Crippen molar-refractivity contribution in [2.24, 2.45) is 5.73 Å². The maximum Gasteiger partial charge on any atom is 0.329 e. The van der Waals surface area contributed by atoms with Gasteiger partial charge in [-0.2, -0.15) is 0 Å². The van der Waals surface area contributed by atoms with Gasteiger partial charge in [0.2, 0.25) is 5.91 Å². The van der Waals surface area contributed by atoms with Gasteiger partial charge in [0, 0.05) is 7.05 Å². The Kier molecular flexibility index (Phi) is 4.43. The van der Waals surface area contributed by atoms with Crippen LogP contribution in [0.2, 0.25) is 0 Å². The highest BCUT2D eigenvalue weighted by Crippen LogP contribution is 2.14. The first-order chi connectivity index (χ1) is 7.10. The number of rotatable bonds is 5. The van der Waals surface area contributed by atoms with E-state index < -0.39 is 35.8 Å². The molecule has 0 spiro atoms. The number of carbonyl (C=O) groups excluding carboxylic acids is 1. The molecule has 92 valence electrons. The third-order valence-corrected chi connectivity index (χ3v) is 2.40. The molecule has 1 atom stereocenters. The summed E-state index contributed by atoms with van der Waals surface area (Å²) in [4.78, 5) is 33.8. The molecular formula is C9H16N2O5. The number of nitrogens with two attached hydrogens (primary N) is 1. The van der Waals surface area contributed by atoms with Crippen LogP contribution in [0.5, 0.6) is 0 Å². The largest absolute Gasteiger partial charge is 0.481 e. The first-order valence-corrected chi connectivity index (χ1v) is 4.59. The van der Waals surface area contributed by atoms with Crippen LogP contribution in [0.1, 0.15) is 20.3 Å². The maximum atomic E-state index is 11.6. The van der Waals surface area contributed by atoms with E-state index in [9.17, 15) is 14.4 Å². The van der Waals surface area contributed by atoms with Crippen LogP contribution in [0.15, 0.2) is 0 Å². The van der Waals surface area contributed by atoms with E-state index >= 15 is 0 Å². The summed E-state index contributed by atoms with van der Waals surface area (Å²) in [6.45, 7) is 2.67. The van der Waals surface area contributed by atoms with Crippen molar-refractivity contribution in [3.8, 4) is 0 Å². The van der Waals surface area contributed by atoms with Gasteiger partial charge in [-0.05, 0) is 13.8 Å². The summed E-state index contributed by atoms with van der Waals surface area (Å²) in [6, 6.07) is -1.24. The van der Waals surface area contributed by atoms with Crippen molar-refractivity contribution in [1.29, 1.82) is 0 Å². The van der Waals surface area contributed by atoms with Gasteiger partial charge < -0.3 is 20.8 Å². The van der Waals surface area contributed by atoms with E-state index in [1.807, 2.05) is 0 Å². The SMILES string of the molecule is CN(C(=O)C(N)CC(=O)O)C(C)(C)C(=O)O. The van der Waals surface area contributed by atoms with Crippen LogP contribution >= 0.6 is 0 Å². The number of likely N-dealkylation sites (N-methyl/N-ethyl adjacent to an activating group) is 1. The summed E-state index contributed by atoms with van der Waals surface area (Å²) >= 11 is 0. The van der Waals surface area contributed by atoms with Crippen LogP contribution in [0.3, 0.4) is 0 Å². The van der Waals surface area contributed by atoms with E-state index in [1.165, 1.54) is 20.9 Å². The van der Waals surface area contributed by atoms with Gasteiger partial charge in [0.25, 0.3) is 0 Å². The molecule has 16 heavy (non-hydrogen) atoms. The predicted octanol–water partition coefficient (Wildman–Crippen LogP) is -0.890. The zero-order valence-corrected chi connectivity index (χ0v) is 9.43. The summed E-state index contributed by atoms with van der Waals surface area (Å²) in [5.41, 5.74) is 3.93. The standard InChI is InChI=1S/C9H16N2O5/c1-9(2,8(15)16)11(3)7(14)5(10)4-6(12)13/h5H,4,10H2,1-3H3,(H,12,13)(H,15,16). The Morgan fingerprint density at radius 1 is 1.31 bits per heavy atom. The molecule has 0 bridgehead atoms. The van der Waals surface area contributed by atoms with Crippen molar-refractivity contribution >= 4 is 17.8 Å². The maximum absolute atomic E-state index is 11.6. The molecule has 7 heteroatoms. The summed E-state index contributed by atoms with van der Waals surface area (Å²) in [5.74, 6) is -3.11. The van der Waals surface area contributed by atoms with E-state index in [2.05, 4.69) is 0 Å². The molecule has 0 aromatic carbocycles. The number of hydrogen-bond donors (Lipinski definition) is 3. The lowest BCUT2D eigenvalue weighted by atomic mass is 10.0. The molecule has 0 aliphatic carbocycles. The quantitative estimate of drug-likeness (QED) is 0.565. The number of hydrogen-bond acceptors (Lipinski definition) is 4. The predicted molar refractivity (Wildman–Crippen MR) is 54.7 cm³/mol. The van der Waals surface area contributed by atoms with Crippen LogP contribution in [-0.4, -0.2) is 51.6 Å². The number of nitrogens with zero attached hydrogens (tertiary/aromatic N) is 1. The summed E-state index contributed by atoms with van der Waals surface area (Å²) in [5, 5.41) is 17.3. The molecule has 0 heterocycles. The molecule has 0 aromatic heterocycles. The number of carboxylic acids is 2. The second kappa shape index (κ2) is 4.93. The number of carboxylic acid groups (broad SMARTS) is 2. The monoisotopic (exact) mass is 232 g/mol. The Hall–Kier alpha value is -1.63. The van der Waals surface area contributed by atoms with Crippen molar-refractivity contribution in [2.45, 2.75) is 31.8 Å². The third kappa shape index (κ3) is 3.20. The van der Waals surface area contributed by atoms with Crippen molar-refractivity contribution < 1.29 is 24.6 Å². The van der Waals surface area contributed by atoms with E-state index in [0.717, 1.165) is 4.90 Å². The fourth-order valence-electron chi connectivity index (χ4n) is 0.943. The minimum atomic E-state index is -1.42. The van der Waals surface area contributed by atoms with Gasteiger partial charge in [-0.25, -0.2) is 4.79 Å². The van der Waals surface area contributed by atoms with Crippen LogP contribution in [0.4, 0.5) is 0 Å². The zero-order valence-electron chi connectivity index (χ0n) is 9.43. The second-order valence-electron chi connectivity index (χ2n) is 3.97. The summed E-state index contributed by atoms with van der Waals surface area (Å²) in [6.07, 6.45) is -0.529.